The Kier molecular flexibility index (Phi) is 4.01. The summed E-state index contributed by atoms with van der Waals surface area (Å²) in [6.07, 6.45) is 0.113. The maximum atomic E-state index is 12.1. The standard InChI is InChI=1S/C16H16N2O5/c1-21-12-5-3-4-10(6-12)13-8-15(23-17-13)18-9-11(7-14(18)19)16(20)22-2/h3-6,8,11H,7,9H2,1-2H3. The van der Waals surface area contributed by atoms with Crippen LogP contribution in [-0.4, -0.2) is 37.8 Å². The fourth-order valence-corrected chi connectivity index (χ4v) is 2.56. The molecule has 1 aliphatic heterocycles. The van der Waals surface area contributed by atoms with E-state index in [0.717, 1.165) is 5.56 Å². The number of rotatable bonds is 4. The average Bonchev–Trinajstić information content (AvgIpc) is 3.20. The van der Waals surface area contributed by atoms with Crippen molar-refractivity contribution in [2.45, 2.75) is 6.42 Å². The van der Waals surface area contributed by atoms with Gasteiger partial charge in [0, 0.05) is 24.6 Å². The fraction of sp³-hybridized carbons (Fsp3) is 0.312. The van der Waals surface area contributed by atoms with Crippen LogP contribution in [0.1, 0.15) is 6.42 Å². The van der Waals surface area contributed by atoms with Crippen LogP contribution >= 0.6 is 0 Å². The van der Waals surface area contributed by atoms with Gasteiger partial charge in [0.1, 0.15) is 11.4 Å². The van der Waals surface area contributed by atoms with E-state index in [9.17, 15) is 9.59 Å². The lowest BCUT2D eigenvalue weighted by molar-refractivity contribution is -0.145. The Morgan fingerprint density at radius 3 is 2.91 bits per heavy atom. The molecule has 0 bridgehead atoms. The summed E-state index contributed by atoms with van der Waals surface area (Å²) >= 11 is 0. The molecule has 120 valence electrons. The molecular weight excluding hydrogens is 300 g/mol. The minimum Gasteiger partial charge on any atom is -0.497 e. The average molecular weight is 316 g/mol. The van der Waals surface area contributed by atoms with E-state index < -0.39 is 11.9 Å². The quantitative estimate of drug-likeness (QED) is 0.801. The third-order valence-electron chi connectivity index (χ3n) is 3.79. The Bertz CT molecular complexity index is 740. The number of nitrogens with zero attached hydrogens (tertiary/aromatic N) is 2. The van der Waals surface area contributed by atoms with E-state index in [4.69, 9.17) is 9.26 Å². The molecule has 1 aromatic heterocycles. The minimum atomic E-state index is -0.474. The van der Waals surface area contributed by atoms with Crippen LogP contribution in [0.15, 0.2) is 34.9 Å². The van der Waals surface area contributed by atoms with Crippen LogP contribution in [0.4, 0.5) is 5.88 Å². The number of anilines is 1. The summed E-state index contributed by atoms with van der Waals surface area (Å²) in [5.41, 5.74) is 1.41. The first kappa shape index (κ1) is 15.1. The van der Waals surface area contributed by atoms with Crippen LogP contribution in [0.2, 0.25) is 0 Å². The first-order valence-corrected chi connectivity index (χ1v) is 7.11. The van der Waals surface area contributed by atoms with Crippen molar-refractivity contribution in [3.05, 3.63) is 30.3 Å². The highest BCUT2D eigenvalue weighted by Crippen LogP contribution is 2.30. The zero-order valence-electron chi connectivity index (χ0n) is 12.8. The first-order valence-electron chi connectivity index (χ1n) is 7.11. The number of hydrogen-bond donors (Lipinski definition) is 0. The van der Waals surface area contributed by atoms with Crippen LogP contribution in [0.3, 0.4) is 0 Å². The van der Waals surface area contributed by atoms with Crippen molar-refractivity contribution < 1.29 is 23.6 Å². The highest BCUT2D eigenvalue weighted by molar-refractivity contribution is 5.98. The second-order valence-electron chi connectivity index (χ2n) is 5.21. The highest BCUT2D eigenvalue weighted by atomic mass is 16.5. The molecule has 1 unspecified atom stereocenters. The van der Waals surface area contributed by atoms with Crippen LogP contribution in [0, 0.1) is 5.92 Å². The number of esters is 1. The number of carbonyl (C=O) groups is 2. The van der Waals surface area contributed by atoms with E-state index in [-0.39, 0.29) is 18.9 Å². The third-order valence-corrected chi connectivity index (χ3v) is 3.79. The van der Waals surface area contributed by atoms with Gasteiger partial charge in [-0.1, -0.05) is 17.3 Å². The molecule has 1 aliphatic rings. The summed E-state index contributed by atoms with van der Waals surface area (Å²) in [6.45, 7) is 0.234. The van der Waals surface area contributed by atoms with E-state index in [1.54, 1.807) is 13.2 Å². The Morgan fingerprint density at radius 1 is 1.35 bits per heavy atom. The van der Waals surface area contributed by atoms with Crippen LogP contribution in [0.5, 0.6) is 5.75 Å². The molecule has 7 nitrogen and oxygen atoms in total. The Balaban J connectivity index is 1.82. The van der Waals surface area contributed by atoms with E-state index in [2.05, 4.69) is 9.89 Å². The van der Waals surface area contributed by atoms with E-state index in [0.29, 0.717) is 17.3 Å². The lowest BCUT2D eigenvalue weighted by Gasteiger charge is -2.10. The van der Waals surface area contributed by atoms with Crippen molar-refractivity contribution in [2.24, 2.45) is 5.92 Å². The number of amides is 1. The molecule has 0 N–H and O–H groups in total. The molecule has 7 heteroatoms. The molecule has 2 heterocycles. The number of aromatic nitrogens is 1. The largest absolute Gasteiger partial charge is 0.497 e. The van der Waals surface area contributed by atoms with Crippen LogP contribution in [0.25, 0.3) is 11.3 Å². The Hall–Kier alpha value is -2.83. The molecule has 3 rings (SSSR count). The summed E-state index contributed by atoms with van der Waals surface area (Å²) in [4.78, 5) is 25.0. The summed E-state index contributed by atoms with van der Waals surface area (Å²) < 4.78 is 15.1. The lowest BCUT2D eigenvalue weighted by atomic mass is 10.1. The molecule has 0 saturated carbocycles. The summed E-state index contributed by atoms with van der Waals surface area (Å²) in [6, 6.07) is 9.04. The van der Waals surface area contributed by atoms with Gasteiger partial charge in [0.25, 0.3) is 0 Å². The van der Waals surface area contributed by atoms with E-state index in [1.165, 1.54) is 12.0 Å². The van der Waals surface area contributed by atoms with Gasteiger partial charge in [-0.3, -0.25) is 14.5 Å². The number of hydrogen-bond acceptors (Lipinski definition) is 6. The normalized spacial score (nSPS) is 17.4. The van der Waals surface area contributed by atoms with Gasteiger partial charge in [-0.15, -0.1) is 0 Å². The molecule has 2 aromatic rings. The zero-order chi connectivity index (χ0) is 16.4. The smallest absolute Gasteiger partial charge is 0.311 e. The first-order chi connectivity index (χ1) is 11.1. The lowest BCUT2D eigenvalue weighted by Crippen LogP contribution is -2.25. The number of benzene rings is 1. The molecule has 1 saturated heterocycles. The highest BCUT2D eigenvalue weighted by Gasteiger charge is 2.37. The zero-order valence-corrected chi connectivity index (χ0v) is 12.8. The second kappa shape index (κ2) is 6.12. The molecular formula is C16H16N2O5. The Labute approximate surface area is 132 Å². The van der Waals surface area contributed by atoms with Gasteiger partial charge < -0.3 is 14.0 Å². The van der Waals surface area contributed by atoms with Gasteiger partial charge in [-0.2, -0.15) is 0 Å². The maximum absolute atomic E-state index is 12.1. The van der Waals surface area contributed by atoms with E-state index in [1.807, 2.05) is 24.3 Å². The predicted molar refractivity (Wildman–Crippen MR) is 81.0 cm³/mol. The molecule has 1 fully saturated rings. The van der Waals surface area contributed by atoms with Crippen molar-refractivity contribution in [3.8, 4) is 17.0 Å². The number of carbonyl (C=O) groups excluding carboxylic acids is 2. The van der Waals surface area contributed by atoms with Crippen molar-refractivity contribution in [1.29, 1.82) is 0 Å². The molecule has 0 aliphatic carbocycles. The molecule has 0 radical (unpaired) electrons. The van der Waals surface area contributed by atoms with Crippen molar-refractivity contribution in [2.75, 3.05) is 25.7 Å². The van der Waals surface area contributed by atoms with Crippen LogP contribution in [-0.2, 0) is 14.3 Å². The van der Waals surface area contributed by atoms with Gasteiger partial charge in [0.05, 0.1) is 20.1 Å². The Morgan fingerprint density at radius 2 is 2.17 bits per heavy atom. The van der Waals surface area contributed by atoms with Gasteiger partial charge in [0.15, 0.2) is 0 Å². The molecule has 1 aromatic carbocycles. The van der Waals surface area contributed by atoms with Gasteiger partial charge in [0.2, 0.25) is 11.8 Å². The van der Waals surface area contributed by atoms with Crippen molar-refractivity contribution >= 4 is 17.8 Å². The fourth-order valence-electron chi connectivity index (χ4n) is 2.56. The minimum absolute atomic E-state index is 0.113. The van der Waals surface area contributed by atoms with Crippen LogP contribution < -0.4 is 9.64 Å². The number of ether oxygens (including phenoxy) is 2. The maximum Gasteiger partial charge on any atom is 0.311 e. The van der Waals surface area contributed by atoms with Crippen molar-refractivity contribution in [3.63, 3.8) is 0 Å². The molecule has 0 spiro atoms. The van der Waals surface area contributed by atoms with Gasteiger partial charge in [-0.25, -0.2) is 0 Å². The SMILES string of the molecule is COC(=O)C1CC(=O)N(c2cc(-c3cccc(OC)c3)no2)C1. The topological polar surface area (TPSA) is 81.9 Å². The monoisotopic (exact) mass is 316 g/mol. The molecule has 23 heavy (non-hydrogen) atoms. The van der Waals surface area contributed by atoms with E-state index >= 15 is 0 Å². The molecule has 1 amide bonds. The third kappa shape index (κ3) is 2.90. The van der Waals surface area contributed by atoms with Crippen molar-refractivity contribution in [1.82, 2.24) is 5.16 Å². The second-order valence-corrected chi connectivity index (χ2v) is 5.21. The van der Waals surface area contributed by atoms with Gasteiger partial charge in [-0.05, 0) is 12.1 Å². The predicted octanol–water partition coefficient (Wildman–Crippen LogP) is 1.88. The summed E-state index contributed by atoms with van der Waals surface area (Å²) in [7, 11) is 2.90. The summed E-state index contributed by atoms with van der Waals surface area (Å²) in [5.74, 6) is -0.0331. The summed E-state index contributed by atoms with van der Waals surface area (Å²) in [5, 5.41) is 3.99. The van der Waals surface area contributed by atoms with Gasteiger partial charge >= 0.3 is 5.97 Å². The number of methoxy groups -OCH3 is 2. The molecule has 1 atom stereocenters.